The third-order valence-electron chi connectivity index (χ3n) is 5.15. The average molecular weight is 329 g/mol. The number of likely N-dealkylation sites (tertiary alicyclic amines) is 1. The molecule has 1 amide bonds. The van der Waals surface area contributed by atoms with Crippen LogP contribution in [0.3, 0.4) is 0 Å². The maximum Gasteiger partial charge on any atom is 0.251 e. The molecule has 1 aromatic heterocycles. The molecular weight excluding hydrogens is 306 g/mol. The first kappa shape index (κ1) is 15.5. The highest BCUT2D eigenvalue weighted by Gasteiger charge is 2.27. The van der Waals surface area contributed by atoms with Crippen LogP contribution in [0.15, 0.2) is 18.2 Å². The van der Waals surface area contributed by atoms with Crippen LogP contribution in [-0.2, 0) is 4.74 Å². The molecule has 2 N–H and O–H groups in total. The Kier molecular flexibility index (Phi) is 4.44. The number of ether oxygens (including phenoxy) is 1. The van der Waals surface area contributed by atoms with Crippen LogP contribution in [0.25, 0.3) is 11.0 Å². The van der Waals surface area contributed by atoms with Gasteiger partial charge in [-0.15, -0.1) is 0 Å². The molecule has 0 saturated carbocycles. The first-order valence-corrected chi connectivity index (χ1v) is 8.73. The van der Waals surface area contributed by atoms with E-state index in [-0.39, 0.29) is 11.9 Å². The third kappa shape index (κ3) is 3.27. The Morgan fingerprint density at radius 3 is 2.67 bits per heavy atom. The molecule has 0 aliphatic carbocycles. The summed E-state index contributed by atoms with van der Waals surface area (Å²) in [5.41, 5.74) is 2.14. The number of H-pyrrole nitrogens is 1. The Balaban J connectivity index is 1.32. The van der Waals surface area contributed by atoms with E-state index in [4.69, 9.17) is 4.74 Å². The van der Waals surface area contributed by atoms with E-state index >= 15 is 0 Å². The van der Waals surface area contributed by atoms with Gasteiger partial charge >= 0.3 is 0 Å². The van der Waals surface area contributed by atoms with Crippen molar-refractivity contribution in [2.45, 2.75) is 37.8 Å². The molecule has 128 valence electrons. The quantitative estimate of drug-likeness (QED) is 0.888. The van der Waals surface area contributed by atoms with Gasteiger partial charge in [0.2, 0.25) is 0 Å². The number of carbonyl (C=O) groups is 1. The minimum atomic E-state index is -0.0237. The zero-order valence-electron chi connectivity index (χ0n) is 13.7. The van der Waals surface area contributed by atoms with Gasteiger partial charge in [0.05, 0.1) is 0 Å². The second-order valence-electron chi connectivity index (χ2n) is 6.65. The van der Waals surface area contributed by atoms with Crippen LogP contribution < -0.4 is 5.32 Å². The lowest BCUT2D eigenvalue weighted by Gasteiger charge is -2.39. The molecule has 0 spiro atoms. The lowest BCUT2D eigenvalue weighted by atomic mass is 9.99. The van der Waals surface area contributed by atoms with Crippen molar-refractivity contribution in [1.82, 2.24) is 25.6 Å². The van der Waals surface area contributed by atoms with Crippen LogP contribution in [0.5, 0.6) is 0 Å². The van der Waals surface area contributed by atoms with Crippen LogP contribution >= 0.6 is 0 Å². The van der Waals surface area contributed by atoms with E-state index in [1.54, 1.807) is 12.1 Å². The third-order valence-corrected chi connectivity index (χ3v) is 5.15. The predicted molar refractivity (Wildman–Crippen MR) is 89.8 cm³/mol. The SMILES string of the molecule is O=C(NC1CCN(C2CCOCC2)CC1)c1ccc2n[nH]nc2c1. The van der Waals surface area contributed by atoms with Crippen molar-refractivity contribution in [3.63, 3.8) is 0 Å². The topological polar surface area (TPSA) is 83.1 Å². The zero-order chi connectivity index (χ0) is 16.4. The summed E-state index contributed by atoms with van der Waals surface area (Å²) in [6.45, 7) is 3.87. The molecule has 0 radical (unpaired) electrons. The standard InChI is InChI=1S/C17H23N5O2/c23-17(12-1-2-15-16(11-12)20-21-19-15)18-13-3-7-22(8-4-13)14-5-9-24-10-6-14/h1-2,11,13-14H,3-10H2,(H,18,23)(H,19,20,21). The first-order chi connectivity index (χ1) is 11.8. The molecule has 24 heavy (non-hydrogen) atoms. The molecule has 7 nitrogen and oxygen atoms in total. The van der Waals surface area contributed by atoms with Crippen molar-refractivity contribution in [3.05, 3.63) is 23.8 Å². The van der Waals surface area contributed by atoms with E-state index < -0.39 is 0 Å². The van der Waals surface area contributed by atoms with Crippen LogP contribution in [0.1, 0.15) is 36.0 Å². The normalized spacial score (nSPS) is 21.2. The number of benzene rings is 1. The minimum absolute atomic E-state index is 0.0237. The predicted octanol–water partition coefficient (Wildman–Crippen LogP) is 1.33. The van der Waals surface area contributed by atoms with Crippen molar-refractivity contribution >= 4 is 16.9 Å². The number of aromatic amines is 1. The summed E-state index contributed by atoms with van der Waals surface area (Å²) in [7, 11) is 0. The molecule has 1 aromatic carbocycles. The number of aromatic nitrogens is 3. The summed E-state index contributed by atoms with van der Waals surface area (Å²) < 4.78 is 5.44. The van der Waals surface area contributed by atoms with E-state index in [1.807, 2.05) is 6.07 Å². The molecule has 0 unspecified atom stereocenters. The highest BCUT2D eigenvalue weighted by atomic mass is 16.5. The Bertz CT molecular complexity index is 702. The summed E-state index contributed by atoms with van der Waals surface area (Å²) >= 11 is 0. The number of hydrogen-bond acceptors (Lipinski definition) is 5. The van der Waals surface area contributed by atoms with Crippen LogP contribution in [-0.4, -0.2) is 64.6 Å². The number of carbonyl (C=O) groups excluding carboxylic acids is 1. The van der Waals surface area contributed by atoms with Crippen LogP contribution in [0, 0.1) is 0 Å². The highest BCUT2D eigenvalue weighted by molar-refractivity contribution is 5.97. The number of nitrogens with one attached hydrogen (secondary N) is 2. The smallest absolute Gasteiger partial charge is 0.251 e. The highest BCUT2D eigenvalue weighted by Crippen LogP contribution is 2.20. The Hall–Kier alpha value is -1.99. The monoisotopic (exact) mass is 329 g/mol. The molecule has 0 bridgehead atoms. The zero-order valence-corrected chi connectivity index (χ0v) is 13.7. The molecule has 2 saturated heterocycles. The molecular formula is C17H23N5O2. The lowest BCUT2D eigenvalue weighted by Crippen LogP contribution is -2.49. The molecule has 2 fully saturated rings. The van der Waals surface area contributed by atoms with Crippen molar-refractivity contribution < 1.29 is 9.53 Å². The maximum absolute atomic E-state index is 12.5. The number of fused-ring (bicyclic) bond motifs is 1. The second-order valence-corrected chi connectivity index (χ2v) is 6.65. The first-order valence-electron chi connectivity index (χ1n) is 8.73. The minimum Gasteiger partial charge on any atom is -0.381 e. The molecule has 2 aliphatic rings. The summed E-state index contributed by atoms with van der Waals surface area (Å²) in [6, 6.07) is 6.32. The number of rotatable bonds is 3. The Labute approximate surface area is 140 Å². The fraction of sp³-hybridized carbons (Fsp3) is 0.588. The van der Waals surface area contributed by atoms with Crippen molar-refractivity contribution in [1.29, 1.82) is 0 Å². The fourth-order valence-corrected chi connectivity index (χ4v) is 3.71. The molecule has 2 aromatic rings. The van der Waals surface area contributed by atoms with Crippen molar-refractivity contribution in [3.8, 4) is 0 Å². The van der Waals surface area contributed by atoms with Gasteiger partial charge in [0.25, 0.3) is 5.91 Å². The summed E-state index contributed by atoms with van der Waals surface area (Å²) in [5.74, 6) is -0.0237. The van der Waals surface area contributed by atoms with E-state index in [2.05, 4.69) is 25.6 Å². The van der Waals surface area contributed by atoms with E-state index in [1.165, 1.54) is 0 Å². The average Bonchev–Trinajstić information content (AvgIpc) is 3.11. The van der Waals surface area contributed by atoms with Gasteiger partial charge < -0.3 is 15.0 Å². The van der Waals surface area contributed by atoms with Gasteiger partial charge in [-0.25, -0.2) is 0 Å². The van der Waals surface area contributed by atoms with E-state index in [0.717, 1.165) is 63.0 Å². The number of nitrogens with zero attached hydrogens (tertiary/aromatic N) is 3. The molecule has 7 heteroatoms. The number of hydrogen-bond donors (Lipinski definition) is 2. The van der Waals surface area contributed by atoms with Gasteiger partial charge in [-0.05, 0) is 43.9 Å². The van der Waals surface area contributed by atoms with Gasteiger partial charge in [-0.3, -0.25) is 4.79 Å². The van der Waals surface area contributed by atoms with Crippen molar-refractivity contribution in [2.24, 2.45) is 0 Å². The summed E-state index contributed by atoms with van der Waals surface area (Å²) in [6.07, 6.45) is 4.29. The second kappa shape index (κ2) is 6.86. The van der Waals surface area contributed by atoms with E-state index in [9.17, 15) is 4.79 Å². The summed E-state index contributed by atoms with van der Waals surface area (Å²) in [4.78, 5) is 15.0. The van der Waals surface area contributed by atoms with Gasteiger partial charge in [0.1, 0.15) is 11.0 Å². The summed E-state index contributed by atoms with van der Waals surface area (Å²) in [5, 5.41) is 13.8. The molecule has 2 aliphatic heterocycles. The van der Waals surface area contributed by atoms with Gasteiger partial charge in [0.15, 0.2) is 0 Å². The van der Waals surface area contributed by atoms with Gasteiger partial charge in [-0.1, -0.05) is 0 Å². The molecule has 4 rings (SSSR count). The molecule has 3 heterocycles. The number of piperidine rings is 1. The van der Waals surface area contributed by atoms with E-state index in [0.29, 0.717) is 11.6 Å². The Morgan fingerprint density at radius 2 is 1.88 bits per heavy atom. The number of amides is 1. The molecule has 0 atom stereocenters. The van der Waals surface area contributed by atoms with Gasteiger partial charge in [0, 0.05) is 44.0 Å². The lowest BCUT2D eigenvalue weighted by molar-refractivity contribution is 0.0238. The van der Waals surface area contributed by atoms with Crippen LogP contribution in [0.2, 0.25) is 0 Å². The van der Waals surface area contributed by atoms with Crippen molar-refractivity contribution in [2.75, 3.05) is 26.3 Å². The maximum atomic E-state index is 12.5. The Morgan fingerprint density at radius 1 is 1.12 bits per heavy atom. The largest absolute Gasteiger partial charge is 0.381 e. The fourth-order valence-electron chi connectivity index (χ4n) is 3.71. The van der Waals surface area contributed by atoms with Gasteiger partial charge in [-0.2, -0.15) is 15.4 Å². The van der Waals surface area contributed by atoms with Crippen LogP contribution in [0.4, 0.5) is 0 Å².